The lowest BCUT2D eigenvalue weighted by Crippen LogP contribution is -3.12. The Balaban J connectivity index is 1.57. The van der Waals surface area contributed by atoms with Gasteiger partial charge < -0.3 is 20.4 Å². The minimum Gasteiger partial charge on any atom is -0.360 e. The molecule has 0 spiro atoms. The first-order valence-corrected chi connectivity index (χ1v) is 8.92. The molecule has 4 nitrogen and oxygen atoms in total. The molecule has 0 atom stereocenters. The van der Waals surface area contributed by atoms with Gasteiger partial charge in [-0.15, -0.1) is 0 Å². The van der Waals surface area contributed by atoms with Crippen molar-refractivity contribution in [3.05, 3.63) is 53.8 Å². The van der Waals surface area contributed by atoms with Crippen LogP contribution in [0.1, 0.15) is 5.56 Å². The average molecular weight is 359 g/mol. The molecule has 0 aliphatic carbocycles. The van der Waals surface area contributed by atoms with E-state index in [-0.39, 0.29) is 5.82 Å². The van der Waals surface area contributed by atoms with Crippen LogP contribution in [0.4, 0.5) is 21.5 Å². The number of anilines is 3. The van der Waals surface area contributed by atoms with Crippen molar-refractivity contribution in [3.8, 4) is 0 Å². The van der Waals surface area contributed by atoms with Gasteiger partial charge in [0.2, 0.25) is 0 Å². The number of nitrogens with zero attached hydrogens (tertiary/aromatic N) is 1. The quantitative estimate of drug-likeness (QED) is 0.734. The summed E-state index contributed by atoms with van der Waals surface area (Å²) in [5, 5.41) is 6.59. The Bertz CT molecular complexity index is 740. The lowest BCUT2D eigenvalue weighted by molar-refractivity contribution is -0.880. The standard InChI is InChI=1S/C19H23FN4S/c1-14-3-4-16(13-18(14)20)22-19(25)21-15-5-7-17(8-6-15)24-11-9-23(2)10-12-24/h3-8,13H,9-12H2,1-2H3,(H2,21,22,25)/p+1. The molecule has 3 N–H and O–H groups in total. The molecule has 1 aliphatic rings. The van der Waals surface area contributed by atoms with Gasteiger partial charge in [0.05, 0.1) is 33.2 Å². The lowest BCUT2D eigenvalue weighted by atomic mass is 10.2. The minimum absolute atomic E-state index is 0.244. The van der Waals surface area contributed by atoms with Crippen LogP contribution in [0.5, 0.6) is 0 Å². The highest BCUT2D eigenvalue weighted by atomic mass is 32.1. The molecular formula is C19H24FN4S+. The van der Waals surface area contributed by atoms with E-state index >= 15 is 0 Å². The summed E-state index contributed by atoms with van der Waals surface area (Å²) >= 11 is 5.31. The lowest BCUT2D eigenvalue weighted by Gasteiger charge is -2.31. The number of piperazine rings is 1. The zero-order valence-corrected chi connectivity index (χ0v) is 15.4. The summed E-state index contributed by atoms with van der Waals surface area (Å²) in [6.45, 7) is 6.23. The number of nitrogens with one attached hydrogen (secondary N) is 3. The van der Waals surface area contributed by atoms with Gasteiger partial charge in [0.1, 0.15) is 5.82 Å². The highest BCUT2D eigenvalue weighted by molar-refractivity contribution is 7.80. The molecule has 0 bridgehead atoms. The van der Waals surface area contributed by atoms with Crippen molar-refractivity contribution in [2.45, 2.75) is 6.92 Å². The van der Waals surface area contributed by atoms with E-state index in [2.05, 4.69) is 34.7 Å². The zero-order valence-electron chi connectivity index (χ0n) is 14.6. The monoisotopic (exact) mass is 359 g/mol. The molecule has 1 saturated heterocycles. The second-order valence-corrected chi connectivity index (χ2v) is 6.94. The zero-order chi connectivity index (χ0) is 17.8. The number of aryl methyl sites for hydroxylation is 1. The van der Waals surface area contributed by atoms with Crippen molar-refractivity contribution in [2.24, 2.45) is 0 Å². The van der Waals surface area contributed by atoms with E-state index < -0.39 is 0 Å². The van der Waals surface area contributed by atoms with E-state index in [0.29, 0.717) is 16.4 Å². The smallest absolute Gasteiger partial charge is 0.175 e. The van der Waals surface area contributed by atoms with Crippen LogP contribution >= 0.6 is 12.2 Å². The van der Waals surface area contributed by atoms with Gasteiger partial charge in [0.25, 0.3) is 0 Å². The Morgan fingerprint density at radius 2 is 1.64 bits per heavy atom. The number of quaternary nitrogens is 1. The van der Waals surface area contributed by atoms with Crippen molar-refractivity contribution in [2.75, 3.05) is 48.8 Å². The van der Waals surface area contributed by atoms with Gasteiger partial charge in [0.15, 0.2) is 5.11 Å². The Hall–Kier alpha value is -2.18. The topological polar surface area (TPSA) is 31.7 Å². The summed E-state index contributed by atoms with van der Waals surface area (Å²) in [4.78, 5) is 3.99. The molecule has 6 heteroatoms. The average Bonchev–Trinajstić information content (AvgIpc) is 2.60. The number of halogens is 1. The van der Waals surface area contributed by atoms with Crippen LogP contribution in [0.15, 0.2) is 42.5 Å². The molecule has 2 aromatic carbocycles. The second-order valence-electron chi connectivity index (χ2n) is 6.53. The van der Waals surface area contributed by atoms with Crippen molar-refractivity contribution in [3.63, 3.8) is 0 Å². The number of hydrogen-bond acceptors (Lipinski definition) is 2. The summed E-state index contributed by atoms with van der Waals surface area (Å²) in [6, 6.07) is 13.2. The van der Waals surface area contributed by atoms with Crippen molar-refractivity contribution < 1.29 is 9.29 Å². The molecule has 0 unspecified atom stereocenters. The summed E-state index contributed by atoms with van der Waals surface area (Å²) in [5.74, 6) is -0.244. The van der Waals surface area contributed by atoms with Gasteiger partial charge in [-0.1, -0.05) is 6.07 Å². The van der Waals surface area contributed by atoms with Gasteiger partial charge in [0, 0.05) is 17.1 Å². The highest BCUT2D eigenvalue weighted by Gasteiger charge is 2.16. The summed E-state index contributed by atoms with van der Waals surface area (Å²) in [6.07, 6.45) is 0. The molecule has 2 aromatic rings. The molecule has 0 saturated carbocycles. The number of likely N-dealkylation sites (N-methyl/N-ethyl adjacent to an activating group) is 1. The van der Waals surface area contributed by atoms with Gasteiger partial charge >= 0.3 is 0 Å². The number of thiocarbonyl (C=S) groups is 1. The van der Waals surface area contributed by atoms with Crippen molar-refractivity contribution in [1.82, 2.24) is 0 Å². The SMILES string of the molecule is Cc1ccc(NC(=S)Nc2ccc(N3CC[NH+](C)CC3)cc2)cc1F. The maximum atomic E-state index is 13.6. The fourth-order valence-electron chi connectivity index (χ4n) is 2.87. The molecule has 1 fully saturated rings. The van der Waals surface area contributed by atoms with E-state index in [1.807, 2.05) is 18.2 Å². The van der Waals surface area contributed by atoms with Crippen LogP contribution in [-0.4, -0.2) is 38.3 Å². The maximum Gasteiger partial charge on any atom is 0.175 e. The predicted molar refractivity (Wildman–Crippen MR) is 106 cm³/mol. The molecule has 1 aliphatic heterocycles. The van der Waals surface area contributed by atoms with Gasteiger partial charge in [-0.3, -0.25) is 0 Å². The van der Waals surface area contributed by atoms with Gasteiger partial charge in [-0.05, 0) is 61.1 Å². The Morgan fingerprint density at radius 1 is 1.04 bits per heavy atom. The van der Waals surface area contributed by atoms with Crippen molar-refractivity contribution in [1.29, 1.82) is 0 Å². The number of rotatable bonds is 3. The summed E-state index contributed by atoms with van der Waals surface area (Å²) < 4.78 is 13.6. The third-order valence-electron chi connectivity index (χ3n) is 4.54. The minimum atomic E-state index is -0.244. The molecule has 0 aromatic heterocycles. The molecular weight excluding hydrogens is 335 g/mol. The predicted octanol–water partition coefficient (Wildman–Crippen LogP) is 2.28. The first kappa shape index (κ1) is 17.6. The van der Waals surface area contributed by atoms with E-state index in [0.717, 1.165) is 18.8 Å². The van der Waals surface area contributed by atoms with Gasteiger partial charge in [-0.2, -0.15) is 0 Å². The Kier molecular flexibility index (Phi) is 5.50. The summed E-state index contributed by atoms with van der Waals surface area (Å²) in [7, 11) is 2.23. The van der Waals surface area contributed by atoms with Crippen molar-refractivity contribution >= 4 is 34.4 Å². The molecule has 3 rings (SSSR count). The highest BCUT2D eigenvalue weighted by Crippen LogP contribution is 2.19. The number of benzene rings is 2. The molecule has 1 heterocycles. The van der Waals surface area contributed by atoms with Crippen LogP contribution in [0, 0.1) is 12.7 Å². The normalized spacial score (nSPS) is 15.1. The first-order chi connectivity index (χ1) is 12.0. The van der Waals surface area contributed by atoms with E-state index in [4.69, 9.17) is 12.2 Å². The third-order valence-corrected chi connectivity index (χ3v) is 4.74. The maximum absolute atomic E-state index is 13.6. The van der Waals surface area contributed by atoms with Gasteiger partial charge in [-0.25, -0.2) is 4.39 Å². The largest absolute Gasteiger partial charge is 0.360 e. The fraction of sp³-hybridized carbons (Fsp3) is 0.316. The molecule has 25 heavy (non-hydrogen) atoms. The number of hydrogen-bond donors (Lipinski definition) is 3. The van der Waals surface area contributed by atoms with E-state index in [1.54, 1.807) is 17.9 Å². The van der Waals surface area contributed by atoms with Crippen LogP contribution < -0.4 is 20.4 Å². The van der Waals surface area contributed by atoms with E-state index in [9.17, 15) is 4.39 Å². The fourth-order valence-corrected chi connectivity index (χ4v) is 3.10. The first-order valence-electron chi connectivity index (χ1n) is 8.52. The van der Waals surface area contributed by atoms with E-state index in [1.165, 1.54) is 24.8 Å². The van der Waals surface area contributed by atoms with Crippen LogP contribution in [0.25, 0.3) is 0 Å². The Morgan fingerprint density at radius 3 is 2.28 bits per heavy atom. The van der Waals surface area contributed by atoms with Crippen LogP contribution in [-0.2, 0) is 0 Å². The second kappa shape index (κ2) is 7.80. The van der Waals surface area contributed by atoms with Crippen LogP contribution in [0.3, 0.4) is 0 Å². The third kappa shape index (κ3) is 4.67. The molecule has 0 amide bonds. The molecule has 0 radical (unpaired) electrons. The molecule has 132 valence electrons. The Labute approximate surface area is 153 Å². The van der Waals surface area contributed by atoms with Crippen LogP contribution in [0.2, 0.25) is 0 Å². The summed E-state index contributed by atoms with van der Waals surface area (Å²) in [5.41, 5.74) is 3.40.